The molecule has 2 aromatic carbocycles. The van der Waals surface area contributed by atoms with E-state index in [1.807, 2.05) is 43.3 Å². The van der Waals surface area contributed by atoms with Gasteiger partial charge >= 0.3 is 0 Å². The second-order valence-corrected chi connectivity index (χ2v) is 9.64. The van der Waals surface area contributed by atoms with Crippen LogP contribution in [0.25, 0.3) is 10.9 Å². The molecule has 2 aromatic heterocycles. The van der Waals surface area contributed by atoms with Crippen molar-refractivity contribution in [3.8, 4) is 0 Å². The number of fused-ring (bicyclic) bond motifs is 1. The molecule has 1 fully saturated rings. The predicted octanol–water partition coefficient (Wildman–Crippen LogP) is 4.48. The fourth-order valence-corrected chi connectivity index (χ4v) is 5.15. The molecule has 0 saturated carbocycles. The summed E-state index contributed by atoms with van der Waals surface area (Å²) in [7, 11) is 0. The van der Waals surface area contributed by atoms with Crippen LogP contribution >= 0.6 is 11.8 Å². The van der Waals surface area contributed by atoms with Crippen LogP contribution in [0.3, 0.4) is 0 Å². The van der Waals surface area contributed by atoms with E-state index in [-0.39, 0.29) is 17.2 Å². The third-order valence-corrected chi connectivity index (χ3v) is 7.15. The van der Waals surface area contributed by atoms with Crippen molar-refractivity contribution in [3.05, 3.63) is 88.5 Å². The lowest BCUT2D eigenvalue weighted by molar-refractivity contribution is -0.113. The first-order chi connectivity index (χ1) is 17.1. The Morgan fingerprint density at radius 1 is 1.09 bits per heavy atom. The lowest BCUT2D eigenvalue weighted by Crippen LogP contribution is -2.25. The number of amides is 1. The quantitative estimate of drug-likeness (QED) is 0.307. The molecule has 0 spiro atoms. The smallest absolute Gasteiger partial charge is 0.262 e. The SMILES string of the molecule is Cc1cc(N2CCCC2)ccc1NC(=O)CSc1nc2ccccc2c(=O)n1Cc1cccnc1. The van der Waals surface area contributed by atoms with Gasteiger partial charge in [-0.2, -0.15) is 0 Å². The first-order valence-electron chi connectivity index (χ1n) is 11.8. The Bertz CT molecular complexity index is 1410. The van der Waals surface area contributed by atoms with Gasteiger partial charge in [0.05, 0.1) is 23.2 Å². The fourth-order valence-electron chi connectivity index (χ4n) is 4.35. The standard InChI is InChI=1S/C27H27N5O2S/c1-19-15-21(31-13-4-5-14-31)10-11-23(19)29-25(33)18-35-27-30-24-9-3-2-8-22(24)26(34)32(27)17-20-7-6-12-28-16-20/h2-3,6-12,15-16H,4-5,13-14,17-18H2,1H3,(H,29,33). The molecule has 35 heavy (non-hydrogen) atoms. The Balaban J connectivity index is 1.34. The Labute approximate surface area is 208 Å². The zero-order valence-electron chi connectivity index (χ0n) is 19.6. The number of nitrogens with zero attached hydrogens (tertiary/aromatic N) is 4. The molecule has 0 unspecified atom stereocenters. The van der Waals surface area contributed by atoms with Crippen LogP contribution in [0.1, 0.15) is 24.0 Å². The molecule has 1 aliphatic heterocycles. The van der Waals surface area contributed by atoms with Gasteiger partial charge < -0.3 is 10.2 Å². The Morgan fingerprint density at radius 3 is 2.69 bits per heavy atom. The van der Waals surface area contributed by atoms with E-state index in [9.17, 15) is 9.59 Å². The highest BCUT2D eigenvalue weighted by atomic mass is 32.2. The highest BCUT2D eigenvalue weighted by Crippen LogP contribution is 2.26. The summed E-state index contributed by atoms with van der Waals surface area (Å²) in [5, 5.41) is 4.08. The molecular formula is C27H27N5O2S. The summed E-state index contributed by atoms with van der Waals surface area (Å²) in [5.74, 6) is 0.00728. The lowest BCUT2D eigenvalue weighted by Gasteiger charge is -2.19. The van der Waals surface area contributed by atoms with Crippen molar-refractivity contribution < 1.29 is 4.79 Å². The number of carbonyl (C=O) groups is 1. The van der Waals surface area contributed by atoms with Crippen molar-refractivity contribution in [2.75, 3.05) is 29.1 Å². The molecule has 0 aliphatic carbocycles. The van der Waals surface area contributed by atoms with Crippen LogP contribution in [0.5, 0.6) is 0 Å². The molecule has 7 nitrogen and oxygen atoms in total. The maximum Gasteiger partial charge on any atom is 0.262 e. The average Bonchev–Trinajstić information content (AvgIpc) is 3.42. The molecule has 0 atom stereocenters. The molecule has 1 aliphatic rings. The maximum absolute atomic E-state index is 13.3. The Kier molecular flexibility index (Phi) is 6.81. The number of thioether (sulfide) groups is 1. The van der Waals surface area contributed by atoms with Gasteiger partial charge in [0.25, 0.3) is 5.56 Å². The summed E-state index contributed by atoms with van der Waals surface area (Å²) < 4.78 is 1.62. The zero-order valence-corrected chi connectivity index (χ0v) is 20.4. The van der Waals surface area contributed by atoms with Gasteiger partial charge in [0.15, 0.2) is 5.16 Å². The molecular weight excluding hydrogens is 458 g/mol. The molecule has 1 N–H and O–H groups in total. The summed E-state index contributed by atoms with van der Waals surface area (Å²) in [6, 6.07) is 17.2. The Morgan fingerprint density at radius 2 is 1.91 bits per heavy atom. The summed E-state index contributed by atoms with van der Waals surface area (Å²) in [6.07, 6.45) is 5.88. The lowest BCUT2D eigenvalue weighted by atomic mass is 10.1. The third kappa shape index (κ3) is 5.22. The molecule has 0 bridgehead atoms. The van der Waals surface area contributed by atoms with Gasteiger partial charge in [-0.05, 0) is 67.3 Å². The summed E-state index contributed by atoms with van der Waals surface area (Å²) in [4.78, 5) is 37.3. The first-order valence-corrected chi connectivity index (χ1v) is 12.7. The monoisotopic (exact) mass is 485 g/mol. The zero-order chi connectivity index (χ0) is 24.2. The summed E-state index contributed by atoms with van der Waals surface area (Å²) >= 11 is 1.26. The van der Waals surface area contributed by atoms with Crippen molar-refractivity contribution in [2.45, 2.75) is 31.5 Å². The van der Waals surface area contributed by atoms with Crippen molar-refractivity contribution >= 4 is 39.9 Å². The number of anilines is 2. The highest BCUT2D eigenvalue weighted by Gasteiger charge is 2.16. The van der Waals surface area contributed by atoms with Gasteiger partial charge in [-0.1, -0.05) is 30.0 Å². The van der Waals surface area contributed by atoms with E-state index in [0.717, 1.165) is 29.9 Å². The van der Waals surface area contributed by atoms with E-state index >= 15 is 0 Å². The van der Waals surface area contributed by atoms with Crippen LogP contribution in [0.15, 0.2) is 76.9 Å². The van der Waals surface area contributed by atoms with Gasteiger partial charge in [-0.3, -0.25) is 19.1 Å². The van der Waals surface area contributed by atoms with Gasteiger partial charge in [0.2, 0.25) is 5.91 Å². The molecule has 178 valence electrons. The van der Waals surface area contributed by atoms with E-state index in [4.69, 9.17) is 4.98 Å². The van der Waals surface area contributed by atoms with Crippen molar-refractivity contribution in [2.24, 2.45) is 0 Å². The molecule has 1 saturated heterocycles. The minimum Gasteiger partial charge on any atom is -0.372 e. The summed E-state index contributed by atoms with van der Waals surface area (Å²) in [6.45, 7) is 4.52. The van der Waals surface area contributed by atoms with E-state index < -0.39 is 0 Å². The maximum atomic E-state index is 13.3. The molecule has 1 amide bonds. The second-order valence-electron chi connectivity index (χ2n) is 8.69. The number of nitrogens with one attached hydrogen (secondary N) is 1. The van der Waals surface area contributed by atoms with E-state index in [1.54, 1.807) is 23.0 Å². The normalized spacial score (nSPS) is 13.3. The van der Waals surface area contributed by atoms with Gasteiger partial charge in [-0.25, -0.2) is 4.98 Å². The van der Waals surface area contributed by atoms with Crippen molar-refractivity contribution in [3.63, 3.8) is 0 Å². The molecule has 4 aromatic rings. The van der Waals surface area contributed by atoms with Crippen LogP contribution in [0, 0.1) is 6.92 Å². The van der Waals surface area contributed by atoms with E-state index in [0.29, 0.717) is 22.6 Å². The third-order valence-electron chi connectivity index (χ3n) is 6.18. The summed E-state index contributed by atoms with van der Waals surface area (Å²) in [5.41, 5.74) is 4.42. The largest absolute Gasteiger partial charge is 0.372 e. The van der Waals surface area contributed by atoms with E-state index in [2.05, 4.69) is 27.3 Å². The van der Waals surface area contributed by atoms with Gasteiger partial charge in [-0.15, -0.1) is 0 Å². The van der Waals surface area contributed by atoms with Crippen LogP contribution in [-0.2, 0) is 11.3 Å². The number of carbonyl (C=O) groups excluding carboxylic acids is 1. The number of aryl methyl sites for hydroxylation is 1. The Hall–Kier alpha value is -3.65. The van der Waals surface area contributed by atoms with Crippen LogP contribution in [0.2, 0.25) is 0 Å². The predicted molar refractivity (Wildman–Crippen MR) is 141 cm³/mol. The molecule has 3 heterocycles. The van der Waals surface area contributed by atoms with Gasteiger partial charge in [0, 0.05) is 36.9 Å². The van der Waals surface area contributed by atoms with Crippen LogP contribution in [-0.4, -0.2) is 39.3 Å². The minimum atomic E-state index is -0.137. The second kappa shape index (κ2) is 10.3. The van der Waals surface area contributed by atoms with Crippen molar-refractivity contribution in [1.82, 2.24) is 14.5 Å². The number of pyridine rings is 1. The number of aromatic nitrogens is 3. The number of para-hydroxylation sites is 1. The van der Waals surface area contributed by atoms with E-state index in [1.165, 1.54) is 30.3 Å². The molecule has 0 radical (unpaired) electrons. The number of hydrogen-bond acceptors (Lipinski definition) is 6. The van der Waals surface area contributed by atoms with Crippen LogP contribution < -0.4 is 15.8 Å². The van der Waals surface area contributed by atoms with Crippen LogP contribution in [0.4, 0.5) is 11.4 Å². The average molecular weight is 486 g/mol. The minimum absolute atomic E-state index is 0.129. The fraction of sp³-hybridized carbons (Fsp3) is 0.259. The number of hydrogen-bond donors (Lipinski definition) is 1. The topological polar surface area (TPSA) is 80.1 Å². The van der Waals surface area contributed by atoms with Gasteiger partial charge in [0.1, 0.15) is 0 Å². The van der Waals surface area contributed by atoms with Crippen molar-refractivity contribution in [1.29, 1.82) is 0 Å². The first kappa shape index (κ1) is 23.1. The molecule has 5 rings (SSSR count). The molecule has 8 heteroatoms. The highest BCUT2D eigenvalue weighted by molar-refractivity contribution is 7.99. The number of rotatable bonds is 7. The number of benzene rings is 2.